The molecule has 1 saturated heterocycles. The molecule has 1 amide bonds. The molecule has 1 aromatic heterocycles. The number of rotatable bonds is 7. The fourth-order valence-electron chi connectivity index (χ4n) is 3.55. The molecule has 0 spiro atoms. The Kier molecular flexibility index (Phi) is 6.81. The van der Waals surface area contributed by atoms with Crippen LogP contribution in [-0.4, -0.2) is 66.1 Å². The van der Waals surface area contributed by atoms with E-state index in [1.165, 1.54) is 5.69 Å². The normalized spacial score (nSPS) is 14.9. The minimum Gasteiger partial charge on any atom is -0.369 e. The Bertz CT molecular complexity index is 741. The van der Waals surface area contributed by atoms with E-state index in [0.717, 1.165) is 44.4 Å². The van der Waals surface area contributed by atoms with Crippen molar-refractivity contribution in [2.24, 2.45) is 0 Å². The Morgan fingerprint density at radius 1 is 1.11 bits per heavy atom. The van der Waals surface area contributed by atoms with E-state index in [0.29, 0.717) is 12.6 Å². The van der Waals surface area contributed by atoms with Gasteiger partial charge in [0.25, 0.3) is 0 Å². The van der Waals surface area contributed by atoms with Crippen molar-refractivity contribution < 1.29 is 4.79 Å². The molecule has 7 heteroatoms. The van der Waals surface area contributed by atoms with E-state index in [-0.39, 0.29) is 5.91 Å². The number of benzene rings is 1. The van der Waals surface area contributed by atoms with Gasteiger partial charge in [0.15, 0.2) is 0 Å². The van der Waals surface area contributed by atoms with Gasteiger partial charge in [-0.15, -0.1) is 0 Å². The van der Waals surface area contributed by atoms with Gasteiger partial charge in [0, 0.05) is 62.5 Å². The average molecular weight is 383 g/mol. The fourth-order valence-corrected chi connectivity index (χ4v) is 3.55. The lowest BCUT2D eigenvalue weighted by atomic mass is 10.2. The minimum absolute atomic E-state index is 0.0216. The van der Waals surface area contributed by atoms with Crippen LogP contribution in [0.3, 0.4) is 0 Å². The van der Waals surface area contributed by atoms with E-state index in [1.54, 1.807) is 12.4 Å². The third kappa shape index (κ3) is 5.19. The Morgan fingerprint density at radius 3 is 2.32 bits per heavy atom. The molecule has 0 atom stereocenters. The third-order valence-corrected chi connectivity index (χ3v) is 5.02. The number of amides is 1. The maximum atomic E-state index is 12.4. The number of hydrogen-bond acceptors (Lipinski definition) is 6. The summed E-state index contributed by atoms with van der Waals surface area (Å²) in [6.07, 6.45) is 3.52. The van der Waals surface area contributed by atoms with E-state index in [4.69, 9.17) is 0 Å². The molecule has 0 saturated carbocycles. The molecule has 0 radical (unpaired) electrons. The molecule has 1 aromatic carbocycles. The summed E-state index contributed by atoms with van der Waals surface area (Å²) in [4.78, 5) is 27.6. The maximum Gasteiger partial charge on any atom is 0.238 e. The number of piperazine rings is 1. The molecule has 2 heterocycles. The summed E-state index contributed by atoms with van der Waals surface area (Å²) >= 11 is 0. The predicted octanol–water partition coefficient (Wildman–Crippen LogP) is 2.47. The predicted molar refractivity (Wildman–Crippen MR) is 114 cm³/mol. The number of nitrogens with one attached hydrogen (secondary N) is 1. The van der Waals surface area contributed by atoms with Crippen LogP contribution >= 0.6 is 0 Å². The molecule has 1 aliphatic rings. The summed E-state index contributed by atoms with van der Waals surface area (Å²) in [6, 6.07) is 10.4. The molecular weight excluding hydrogens is 352 g/mol. The molecule has 7 nitrogen and oxygen atoms in total. The second-order valence-electron chi connectivity index (χ2n) is 7.29. The first-order chi connectivity index (χ1) is 13.6. The monoisotopic (exact) mass is 382 g/mol. The molecule has 1 fully saturated rings. The Balaban J connectivity index is 1.47. The fraction of sp³-hybridized carbons (Fsp3) is 0.476. The van der Waals surface area contributed by atoms with Crippen LogP contribution in [0.15, 0.2) is 42.7 Å². The van der Waals surface area contributed by atoms with Gasteiger partial charge in [0.2, 0.25) is 11.9 Å². The lowest BCUT2D eigenvalue weighted by Crippen LogP contribution is -2.49. The molecule has 0 bridgehead atoms. The molecule has 0 unspecified atom stereocenters. The van der Waals surface area contributed by atoms with Crippen molar-refractivity contribution in [2.75, 3.05) is 54.4 Å². The number of anilines is 3. The quantitative estimate of drug-likeness (QED) is 0.794. The molecule has 0 aliphatic carbocycles. The summed E-state index contributed by atoms with van der Waals surface area (Å²) in [5.41, 5.74) is 2.01. The van der Waals surface area contributed by atoms with Crippen LogP contribution in [-0.2, 0) is 4.79 Å². The summed E-state index contributed by atoms with van der Waals surface area (Å²) < 4.78 is 0. The van der Waals surface area contributed by atoms with Crippen LogP contribution in [0.4, 0.5) is 17.3 Å². The van der Waals surface area contributed by atoms with Crippen molar-refractivity contribution >= 4 is 23.2 Å². The van der Waals surface area contributed by atoms with Gasteiger partial charge >= 0.3 is 0 Å². The van der Waals surface area contributed by atoms with Gasteiger partial charge in [-0.25, -0.2) is 9.97 Å². The number of nitrogens with zero attached hydrogens (tertiary/aromatic N) is 5. The summed E-state index contributed by atoms with van der Waals surface area (Å²) in [7, 11) is 0. The van der Waals surface area contributed by atoms with E-state index in [1.807, 2.05) is 18.2 Å². The number of carbonyl (C=O) groups excluding carboxylic acids is 1. The lowest BCUT2D eigenvalue weighted by molar-refractivity contribution is -0.117. The molecule has 3 rings (SSSR count). The van der Waals surface area contributed by atoms with Gasteiger partial charge in [0.1, 0.15) is 0 Å². The zero-order valence-corrected chi connectivity index (χ0v) is 17.0. The highest BCUT2D eigenvalue weighted by Gasteiger charge is 2.20. The first kappa shape index (κ1) is 20.1. The lowest BCUT2D eigenvalue weighted by Gasteiger charge is -2.34. The minimum atomic E-state index is 0.0216. The smallest absolute Gasteiger partial charge is 0.238 e. The van der Waals surface area contributed by atoms with Crippen molar-refractivity contribution in [2.45, 2.75) is 26.8 Å². The highest BCUT2D eigenvalue weighted by Crippen LogP contribution is 2.20. The zero-order valence-electron chi connectivity index (χ0n) is 17.0. The maximum absolute atomic E-state index is 12.4. The van der Waals surface area contributed by atoms with Gasteiger partial charge in [-0.1, -0.05) is 0 Å². The van der Waals surface area contributed by atoms with Crippen molar-refractivity contribution in [3.8, 4) is 0 Å². The molecule has 28 heavy (non-hydrogen) atoms. The van der Waals surface area contributed by atoms with Gasteiger partial charge < -0.3 is 15.1 Å². The standard InChI is InChI=1S/C21H30N6O/c1-4-27(17(2)3)19-8-6-18(7-9-19)24-20(28)16-25-12-14-26(15-13-25)21-22-10-5-11-23-21/h5-11,17H,4,12-16H2,1-3H3,(H,24,28). The Morgan fingerprint density at radius 2 is 1.75 bits per heavy atom. The van der Waals surface area contributed by atoms with Crippen molar-refractivity contribution in [3.63, 3.8) is 0 Å². The van der Waals surface area contributed by atoms with Gasteiger partial charge in [0.05, 0.1) is 6.54 Å². The van der Waals surface area contributed by atoms with Crippen LogP contribution in [0.1, 0.15) is 20.8 Å². The summed E-state index contributed by atoms with van der Waals surface area (Å²) in [5, 5.41) is 3.01. The van der Waals surface area contributed by atoms with Crippen molar-refractivity contribution in [1.29, 1.82) is 0 Å². The van der Waals surface area contributed by atoms with E-state index >= 15 is 0 Å². The molecule has 1 N–H and O–H groups in total. The largest absolute Gasteiger partial charge is 0.369 e. The van der Waals surface area contributed by atoms with E-state index < -0.39 is 0 Å². The first-order valence-corrected chi connectivity index (χ1v) is 9.97. The number of hydrogen-bond donors (Lipinski definition) is 1. The number of carbonyl (C=O) groups is 1. The van der Waals surface area contributed by atoms with Gasteiger partial charge in [-0.2, -0.15) is 0 Å². The van der Waals surface area contributed by atoms with Crippen LogP contribution in [0.2, 0.25) is 0 Å². The van der Waals surface area contributed by atoms with Crippen LogP contribution in [0.25, 0.3) is 0 Å². The third-order valence-electron chi connectivity index (χ3n) is 5.02. The van der Waals surface area contributed by atoms with E-state index in [2.05, 4.69) is 62.9 Å². The molecule has 150 valence electrons. The first-order valence-electron chi connectivity index (χ1n) is 9.97. The summed E-state index contributed by atoms with van der Waals surface area (Å²) in [6.45, 7) is 11.2. The molecule has 2 aromatic rings. The second kappa shape index (κ2) is 9.50. The summed E-state index contributed by atoms with van der Waals surface area (Å²) in [5.74, 6) is 0.780. The van der Waals surface area contributed by atoms with E-state index in [9.17, 15) is 4.79 Å². The van der Waals surface area contributed by atoms with Gasteiger partial charge in [-0.05, 0) is 51.1 Å². The van der Waals surface area contributed by atoms with Gasteiger partial charge in [-0.3, -0.25) is 9.69 Å². The molecule has 1 aliphatic heterocycles. The average Bonchev–Trinajstić information content (AvgIpc) is 2.71. The number of aromatic nitrogens is 2. The topological polar surface area (TPSA) is 64.6 Å². The van der Waals surface area contributed by atoms with Crippen LogP contribution in [0.5, 0.6) is 0 Å². The highest BCUT2D eigenvalue weighted by atomic mass is 16.2. The van der Waals surface area contributed by atoms with Crippen molar-refractivity contribution in [3.05, 3.63) is 42.7 Å². The molecular formula is C21H30N6O. The van der Waals surface area contributed by atoms with Crippen molar-refractivity contribution in [1.82, 2.24) is 14.9 Å². The second-order valence-corrected chi connectivity index (χ2v) is 7.29. The zero-order chi connectivity index (χ0) is 19.9. The highest BCUT2D eigenvalue weighted by molar-refractivity contribution is 5.92. The SMILES string of the molecule is CCN(c1ccc(NC(=O)CN2CCN(c3ncccn3)CC2)cc1)C(C)C. The van der Waals surface area contributed by atoms with Crippen LogP contribution in [0, 0.1) is 0 Å². The van der Waals surface area contributed by atoms with Crippen LogP contribution < -0.4 is 15.1 Å². The Labute approximate surface area is 167 Å². The Hall–Kier alpha value is -2.67.